The van der Waals surface area contributed by atoms with Crippen molar-refractivity contribution in [2.45, 2.75) is 31.0 Å². The second kappa shape index (κ2) is 6.11. The van der Waals surface area contributed by atoms with Crippen LogP contribution in [0, 0.1) is 0 Å². The van der Waals surface area contributed by atoms with Crippen LogP contribution in [0.15, 0.2) is 41.3 Å². The van der Waals surface area contributed by atoms with E-state index in [0.29, 0.717) is 18.0 Å². The summed E-state index contributed by atoms with van der Waals surface area (Å²) in [5, 5.41) is 1.83. The summed E-state index contributed by atoms with van der Waals surface area (Å²) in [6.45, 7) is 4.55. The largest absolute Gasteiger partial charge is 0.497 e. The van der Waals surface area contributed by atoms with Crippen LogP contribution in [0.3, 0.4) is 0 Å². The molecule has 5 nitrogen and oxygen atoms in total. The molecule has 1 heterocycles. The van der Waals surface area contributed by atoms with Gasteiger partial charge in [0.1, 0.15) is 5.75 Å². The number of hydrogen-bond acceptors (Lipinski definition) is 4. The molecule has 1 aliphatic rings. The van der Waals surface area contributed by atoms with E-state index in [1.807, 2.05) is 38.1 Å². The van der Waals surface area contributed by atoms with Crippen LogP contribution in [0.4, 0.5) is 0 Å². The molecule has 0 unspecified atom stereocenters. The van der Waals surface area contributed by atoms with Crippen molar-refractivity contribution in [3.05, 3.63) is 36.4 Å². The maximum atomic E-state index is 12.9. The molecule has 6 heteroatoms. The molecule has 0 aromatic heterocycles. The third-order valence-corrected chi connectivity index (χ3v) is 5.87. The number of fused-ring (bicyclic) bond motifs is 1. The molecule has 2 aromatic rings. The van der Waals surface area contributed by atoms with E-state index in [1.165, 1.54) is 4.31 Å². The summed E-state index contributed by atoms with van der Waals surface area (Å²) in [7, 11) is -1.90. The fraction of sp³-hybridized carbons (Fsp3) is 0.412. The monoisotopic (exact) mass is 335 g/mol. The molecule has 1 fully saturated rings. The van der Waals surface area contributed by atoms with Gasteiger partial charge >= 0.3 is 0 Å². The molecule has 0 radical (unpaired) electrons. The maximum Gasteiger partial charge on any atom is 0.243 e. The van der Waals surface area contributed by atoms with Gasteiger partial charge in [0.05, 0.1) is 24.2 Å². The van der Waals surface area contributed by atoms with Crippen molar-refractivity contribution in [2.75, 3.05) is 20.2 Å². The van der Waals surface area contributed by atoms with Gasteiger partial charge in [-0.2, -0.15) is 4.31 Å². The van der Waals surface area contributed by atoms with Crippen molar-refractivity contribution in [1.29, 1.82) is 0 Å². The standard InChI is InChI=1S/C17H21NO4S/c1-12-10-18(11-13(2)22-12)23(19,20)17-7-5-14-8-16(21-3)6-4-15(14)9-17/h4-9,12-13H,10-11H2,1-3H3/t12-,13-/m0/s1. The Morgan fingerprint density at radius 1 is 1.04 bits per heavy atom. The second-order valence-electron chi connectivity index (χ2n) is 5.95. The minimum absolute atomic E-state index is 0.0988. The zero-order chi connectivity index (χ0) is 16.6. The van der Waals surface area contributed by atoms with Gasteiger partial charge in [0.2, 0.25) is 10.0 Å². The minimum atomic E-state index is -3.51. The summed E-state index contributed by atoms with van der Waals surface area (Å²) >= 11 is 0. The molecule has 1 aliphatic heterocycles. The number of methoxy groups -OCH3 is 1. The van der Waals surface area contributed by atoms with Gasteiger partial charge < -0.3 is 9.47 Å². The van der Waals surface area contributed by atoms with E-state index in [9.17, 15) is 8.42 Å². The lowest BCUT2D eigenvalue weighted by Crippen LogP contribution is -2.48. The van der Waals surface area contributed by atoms with E-state index in [2.05, 4.69) is 0 Å². The lowest BCUT2D eigenvalue weighted by atomic mass is 10.1. The van der Waals surface area contributed by atoms with Gasteiger partial charge in [0.15, 0.2) is 0 Å². The fourth-order valence-electron chi connectivity index (χ4n) is 2.97. The number of benzene rings is 2. The Balaban J connectivity index is 1.98. The molecular weight excluding hydrogens is 314 g/mol. The molecule has 0 aliphatic carbocycles. The van der Waals surface area contributed by atoms with Gasteiger partial charge in [-0.3, -0.25) is 0 Å². The van der Waals surface area contributed by atoms with E-state index < -0.39 is 10.0 Å². The van der Waals surface area contributed by atoms with Crippen molar-refractivity contribution < 1.29 is 17.9 Å². The lowest BCUT2D eigenvalue weighted by Gasteiger charge is -2.34. The fourth-order valence-corrected chi connectivity index (χ4v) is 4.59. The van der Waals surface area contributed by atoms with Crippen molar-refractivity contribution in [1.82, 2.24) is 4.31 Å². The topological polar surface area (TPSA) is 55.8 Å². The Hall–Kier alpha value is -1.63. The predicted molar refractivity (Wildman–Crippen MR) is 89.3 cm³/mol. The molecule has 0 N–H and O–H groups in total. The Labute approximate surface area is 136 Å². The minimum Gasteiger partial charge on any atom is -0.497 e. The highest BCUT2D eigenvalue weighted by atomic mass is 32.2. The SMILES string of the molecule is COc1ccc2cc(S(=O)(=O)N3C[C@H](C)O[C@@H](C)C3)ccc2c1. The zero-order valence-electron chi connectivity index (χ0n) is 13.5. The number of morpholine rings is 1. The van der Waals surface area contributed by atoms with Crippen LogP contribution in [-0.2, 0) is 14.8 Å². The van der Waals surface area contributed by atoms with Crippen LogP contribution < -0.4 is 4.74 Å². The quantitative estimate of drug-likeness (QED) is 0.865. The van der Waals surface area contributed by atoms with Crippen LogP contribution in [-0.4, -0.2) is 45.1 Å². The summed E-state index contributed by atoms with van der Waals surface area (Å²) < 4.78 is 38.1. The molecule has 1 saturated heterocycles. The van der Waals surface area contributed by atoms with Crippen LogP contribution >= 0.6 is 0 Å². The van der Waals surface area contributed by atoms with E-state index in [1.54, 1.807) is 19.2 Å². The molecule has 0 spiro atoms. The summed E-state index contributed by atoms with van der Waals surface area (Å²) in [5.41, 5.74) is 0. The number of nitrogens with zero attached hydrogens (tertiary/aromatic N) is 1. The molecule has 0 amide bonds. The van der Waals surface area contributed by atoms with Gasteiger partial charge in [0.25, 0.3) is 0 Å². The summed E-state index contributed by atoms with van der Waals surface area (Å²) in [5.74, 6) is 0.754. The highest BCUT2D eigenvalue weighted by Gasteiger charge is 2.32. The van der Waals surface area contributed by atoms with Crippen LogP contribution in [0.5, 0.6) is 5.75 Å². The summed E-state index contributed by atoms with van der Waals surface area (Å²) in [6.07, 6.45) is -0.198. The number of hydrogen-bond donors (Lipinski definition) is 0. The predicted octanol–water partition coefficient (Wildman–Crippen LogP) is 2.65. The van der Waals surface area contributed by atoms with Crippen LogP contribution in [0.25, 0.3) is 10.8 Å². The highest BCUT2D eigenvalue weighted by molar-refractivity contribution is 7.89. The Morgan fingerprint density at radius 3 is 2.30 bits per heavy atom. The van der Waals surface area contributed by atoms with E-state index >= 15 is 0 Å². The lowest BCUT2D eigenvalue weighted by molar-refractivity contribution is -0.0440. The number of sulfonamides is 1. The molecule has 124 valence electrons. The molecule has 2 atom stereocenters. The van der Waals surface area contributed by atoms with E-state index in [-0.39, 0.29) is 12.2 Å². The third-order valence-electron chi connectivity index (χ3n) is 4.04. The average molecular weight is 335 g/mol. The van der Waals surface area contributed by atoms with Crippen molar-refractivity contribution in [3.8, 4) is 5.75 Å². The second-order valence-corrected chi connectivity index (χ2v) is 7.89. The van der Waals surface area contributed by atoms with Gasteiger partial charge in [0, 0.05) is 13.1 Å². The summed E-state index contributed by atoms with van der Waals surface area (Å²) in [4.78, 5) is 0.316. The van der Waals surface area contributed by atoms with Crippen molar-refractivity contribution >= 4 is 20.8 Å². The molecule has 23 heavy (non-hydrogen) atoms. The Kier molecular flexibility index (Phi) is 4.31. The molecular formula is C17H21NO4S. The highest BCUT2D eigenvalue weighted by Crippen LogP contribution is 2.26. The smallest absolute Gasteiger partial charge is 0.243 e. The van der Waals surface area contributed by atoms with Gasteiger partial charge in [-0.15, -0.1) is 0 Å². The van der Waals surface area contributed by atoms with Gasteiger partial charge in [-0.05, 0) is 48.9 Å². The van der Waals surface area contributed by atoms with E-state index in [4.69, 9.17) is 9.47 Å². The number of rotatable bonds is 3. The van der Waals surface area contributed by atoms with Crippen LogP contribution in [0.1, 0.15) is 13.8 Å². The first-order valence-electron chi connectivity index (χ1n) is 7.63. The first-order chi connectivity index (χ1) is 10.9. The van der Waals surface area contributed by atoms with Gasteiger partial charge in [-0.25, -0.2) is 8.42 Å². The summed E-state index contributed by atoms with van der Waals surface area (Å²) in [6, 6.07) is 10.8. The molecule has 3 rings (SSSR count). The average Bonchev–Trinajstić information content (AvgIpc) is 2.52. The normalized spacial score (nSPS) is 23.1. The van der Waals surface area contributed by atoms with Gasteiger partial charge in [-0.1, -0.05) is 12.1 Å². The Bertz CT molecular complexity index is 808. The number of ether oxygens (including phenoxy) is 2. The molecule has 2 aromatic carbocycles. The van der Waals surface area contributed by atoms with Crippen molar-refractivity contribution in [2.24, 2.45) is 0 Å². The van der Waals surface area contributed by atoms with E-state index in [0.717, 1.165) is 16.5 Å². The maximum absolute atomic E-state index is 12.9. The van der Waals surface area contributed by atoms with Crippen LogP contribution in [0.2, 0.25) is 0 Å². The molecule has 0 bridgehead atoms. The first-order valence-corrected chi connectivity index (χ1v) is 9.07. The molecule has 0 saturated carbocycles. The zero-order valence-corrected chi connectivity index (χ0v) is 14.3. The first kappa shape index (κ1) is 16.2. The van der Waals surface area contributed by atoms with Crippen molar-refractivity contribution in [3.63, 3.8) is 0 Å². The Morgan fingerprint density at radius 2 is 1.65 bits per heavy atom. The third kappa shape index (κ3) is 3.20.